The van der Waals surface area contributed by atoms with Gasteiger partial charge in [-0.15, -0.1) is 12.6 Å². The van der Waals surface area contributed by atoms with E-state index in [-0.39, 0.29) is 6.42 Å². The summed E-state index contributed by atoms with van der Waals surface area (Å²) in [5.74, 6) is -0.891. The standard InChI is InChI=1S/C10H11NO3S/c11-9(10(14)15)7-3-1-6(2-4-7)5-8(12)13/h1-4,9H,5,11H2,(H,12,13)(H,14,15)/t9-/m1/s1. The molecule has 0 aliphatic heterocycles. The molecule has 15 heavy (non-hydrogen) atoms. The fourth-order valence-electron chi connectivity index (χ4n) is 1.16. The molecule has 0 heterocycles. The van der Waals surface area contributed by atoms with Gasteiger partial charge in [0.1, 0.15) is 0 Å². The lowest BCUT2D eigenvalue weighted by Gasteiger charge is -2.07. The Bertz CT molecular complexity index is 375. The number of thiol groups is 1. The van der Waals surface area contributed by atoms with Crippen LogP contribution in [-0.4, -0.2) is 16.2 Å². The molecule has 0 aromatic heterocycles. The smallest absolute Gasteiger partial charge is 0.307 e. The Hall–Kier alpha value is -1.33. The van der Waals surface area contributed by atoms with Gasteiger partial charge < -0.3 is 10.8 Å². The molecule has 0 bridgehead atoms. The Labute approximate surface area is 92.5 Å². The third-order valence-corrected chi connectivity index (χ3v) is 2.24. The fourth-order valence-corrected chi connectivity index (χ4v) is 1.31. The topological polar surface area (TPSA) is 80.4 Å². The molecule has 0 unspecified atom stereocenters. The number of carboxylic acid groups (broad SMARTS) is 1. The molecule has 5 heteroatoms. The molecule has 0 fully saturated rings. The summed E-state index contributed by atoms with van der Waals surface area (Å²) >= 11 is 3.63. The summed E-state index contributed by atoms with van der Waals surface area (Å²) in [6, 6.07) is 5.79. The second kappa shape index (κ2) is 4.95. The summed E-state index contributed by atoms with van der Waals surface area (Å²) in [6.07, 6.45) is -0.0374. The van der Waals surface area contributed by atoms with Gasteiger partial charge in [-0.3, -0.25) is 9.59 Å². The van der Waals surface area contributed by atoms with E-state index in [2.05, 4.69) is 12.6 Å². The molecule has 0 aliphatic carbocycles. The lowest BCUT2D eigenvalue weighted by Crippen LogP contribution is -2.16. The molecule has 0 saturated carbocycles. The number of carboxylic acids is 1. The number of benzene rings is 1. The van der Waals surface area contributed by atoms with Crippen LogP contribution in [0.25, 0.3) is 0 Å². The lowest BCUT2D eigenvalue weighted by atomic mass is 10.0. The van der Waals surface area contributed by atoms with E-state index in [1.165, 1.54) is 0 Å². The number of carbonyl (C=O) groups is 2. The molecule has 4 nitrogen and oxygen atoms in total. The highest BCUT2D eigenvalue weighted by molar-refractivity contribution is 7.96. The van der Waals surface area contributed by atoms with Crippen molar-refractivity contribution >= 4 is 23.7 Å². The maximum atomic E-state index is 10.9. The first-order valence-corrected chi connectivity index (χ1v) is 4.74. The van der Waals surface area contributed by atoms with Crippen molar-refractivity contribution in [1.29, 1.82) is 0 Å². The van der Waals surface area contributed by atoms with Crippen molar-refractivity contribution in [2.75, 3.05) is 0 Å². The van der Waals surface area contributed by atoms with Crippen LogP contribution < -0.4 is 5.73 Å². The zero-order valence-corrected chi connectivity index (χ0v) is 8.78. The number of nitrogens with two attached hydrogens (primary N) is 1. The van der Waals surface area contributed by atoms with Crippen LogP contribution in [0.5, 0.6) is 0 Å². The van der Waals surface area contributed by atoms with Gasteiger partial charge in [-0.05, 0) is 11.1 Å². The second-order valence-corrected chi connectivity index (χ2v) is 3.57. The predicted molar refractivity (Wildman–Crippen MR) is 58.7 cm³/mol. The predicted octanol–water partition coefficient (Wildman–Crippen LogP) is 0.770. The molecule has 0 aliphatic rings. The van der Waals surface area contributed by atoms with E-state index in [1.54, 1.807) is 24.3 Å². The molecular formula is C10H11NO3S. The Balaban J connectivity index is 2.80. The highest BCUT2D eigenvalue weighted by atomic mass is 32.1. The maximum absolute atomic E-state index is 10.9. The van der Waals surface area contributed by atoms with Crippen LogP contribution in [0.4, 0.5) is 0 Å². The molecule has 0 spiro atoms. The molecule has 0 amide bonds. The number of carbonyl (C=O) groups excluding carboxylic acids is 1. The Morgan fingerprint density at radius 2 is 1.87 bits per heavy atom. The Morgan fingerprint density at radius 1 is 1.33 bits per heavy atom. The fraction of sp³-hybridized carbons (Fsp3) is 0.200. The summed E-state index contributed by atoms with van der Waals surface area (Å²) in [4.78, 5) is 21.3. The zero-order chi connectivity index (χ0) is 11.4. The largest absolute Gasteiger partial charge is 0.481 e. The van der Waals surface area contributed by atoms with Crippen LogP contribution in [0.1, 0.15) is 17.2 Å². The molecule has 3 N–H and O–H groups in total. The van der Waals surface area contributed by atoms with Crippen LogP contribution in [0.2, 0.25) is 0 Å². The average molecular weight is 225 g/mol. The van der Waals surface area contributed by atoms with E-state index in [4.69, 9.17) is 10.8 Å². The van der Waals surface area contributed by atoms with E-state index in [0.29, 0.717) is 11.1 Å². The highest BCUT2D eigenvalue weighted by Crippen LogP contribution is 2.14. The SMILES string of the molecule is N[C@@H](C(=O)S)c1ccc(CC(=O)O)cc1. The van der Waals surface area contributed by atoms with Crippen molar-refractivity contribution in [1.82, 2.24) is 0 Å². The minimum absolute atomic E-state index is 0.0374. The van der Waals surface area contributed by atoms with Gasteiger partial charge in [0.25, 0.3) is 0 Å². The monoisotopic (exact) mass is 225 g/mol. The molecule has 0 radical (unpaired) electrons. The van der Waals surface area contributed by atoms with Gasteiger partial charge in [0, 0.05) is 0 Å². The molecule has 0 saturated heterocycles. The molecule has 1 rings (SSSR count). The van der Waals surface area contributed by atoms with Crippen LogP contribution in [0, 0.1) is 0 Å². The minimum Gasteiger partial charge on any atom is -0.481 e. The average Bonchev–Trinajstić information content (AvgIpc) is 2.17. The summed E-state index contributed by atoms with van der Waals surface area (Å²) < 4.78 is 0. The van der Waals surface area contributed by atoms with E-state index < -0.39 is 17.1 Å². The summed E-state index contributed by atoms with van der Waals surface area (Å²) in [5, 5.41) is 8.13. The van der Waals surface area contributed by atoms with Crippen molar-refractivity contribution in [3.05, 3.63) is 35.4 Å². The van der Waals surface area contributed by atoms with Gasteiger partial charge in [-0.2, -0.15) is 0 Å². The molecule has 1 aromatic rings. The maximum Gasteiger partial charge on any atom is 0.307 e. The second-order valence-electron chi connectivity index (χ2n) is 3.13. The number of aliphatic carboxylic acids is 1. The molecular weight excluding hydrogens is 214 g/mol. The van der Waals surface area contributed by atoms with Crippen molar-refractivity contribution in [2.24, 2.45) is 5.73 Å². The van der Waals surface area contributed by atoms with E-state index >= 15 is 0 Å². The van der Waals surface area contributed by atoms with Crippen LogP contribution in [-0.2, 0) is 16.0 Å². The van der Waals surface area contributed by atoms with Gasteiger partial charge in [0.2, 0.25) is 5.12 Å². The first-order chi connectivity index (χ1) is 7.00. The van der Waals surface area contributed by atoms with E-state index in [9.17, 15) is 9.59 Å². The third kappa shape index (κ3) is 3.38. The van der Waals surface area contributed by atoms with Gasteiger partial charge in [0.05, 0.1) is 12.5 Å². The quantitative estimate of drug-likeness (QED) is 0.661. The molecule has 1 aromatic carbocycles. The minimum atomic E-state index is -0.891. The Morgan fingerprint density at radius 3 is 2.27 bits per heavy atom. The van der Waals surface area contributed by atoms with Crippen LogP contribution in [0.15, 0.2) is 24.3 Å². The summed E-state index contributed by atoms with van der Waals surface area (Å²) in [7, 11) is 0. The number of rotatable bonds is 4. The first-order valence-electron chi connectivity index (χ1n) is 4.29. The Kier molecular flexibility index (Phi) is 3.88. The lowest BCUT2D eigenvalue weighted by molar-refractivity contribution is -0.136. The number of hydrogen-bond donors (Lipinski definition) is 3. The van der Waals surface area contributed by atoms with Crippen molar-refractivity contribution in [2.45, 2.75) is 12.5 Å². The summed E-state index contributed by atoms with van der Waals surface area (Å²) in [5.41, 5.74) is 6.85. The van der Waals surface area contributed by atoms with Gasteiger partial charge in [-0.25, -0.2) is 0 Å². The van der Waals surface area contributed by atoms with Crippen molar-refractivity contribution in [3.8, 4) is 0 Å². The first kappa shape index (κ1) is 11.7. The van der Waals surface area contributed by atoms with Gasteiger partial charge >= 0.3 is 5.97 Å². The van der Waals surface area contributed by atoms with Gasteiger partial charge in [0.15, 0.2) is 0 Å². The highest BCUT2D eigenvalue weighted by Gasteiger charge is 2.11. The van der Waals surface area contributed by atoms with Crippen LogP contribution in [0.3, 0.4) is 0 Å². The van der Waals surface area contributed by atoms with Crippen LogP contribution >= 0.6 is 12.6 Å². The molecule has 1 atom stereocenters. The van der Waals surface area contributed by atoms with Crippen molar-refractivity contribution < 1.29 is 14.7 Å². The summed E-state index contributed by atoms with van der Waals surface area (Å²) in [6.45, 7) is 0. The third-order valence-electron chi connectivity index (χ3n) is 1.96. The van der Waals surface area contributed by atoms with Gasteiger partial charge in [-0.1, -0.05) is 24.3 Å². The van der Waals surface area contributed by atoms with E-state index in [0.717, 1.165) is 0 Å². The molecule has 80 valence electrons. The van der Waals surface area contributed by atoms with E-state index in [1.807, 2.05) is 0 Å². The normalized spacial score (nSPS) is 12.1. The van der Waals surface area contributed by atoms with Crippen molar-refractivity contribution in [3.63, 3.8) is 0 Å². The number of hydrogen-bond acceptors (Lipinski definition) is 3. The zero-order valence-electron chi connectivity index (χ0n) is 7.88.